The van der Waals surface area contributed by atoms with Gasteiger partial charge in [0.05, 0.1) is 11.5 Å². The van der Waals surface area contributed by atoms with Crippen LogP contribution in [0.2, 0.25) is 5.02 Å². The first-order chi connectivity index (χ1) is 10.4. The fourth-order valence-corrected chi connectivity index (χ4v) is 3.35. The topological polar surface area (TPSA) is 46.6 Å². The van der Waals surface area contributed by atoms with E-state index < -0.39 is 10.0 Å². The smallest absolute Gasteiger partial charge is 0.243 e. The van der Waals surface area contributed by atoms with E-state index in [-0.39, 0.29) is 11.4 Å². The third kappa shape index (κ3) is 3.80. The Morgan fingerprint density at radius 1 is 1.09 bits per heavy atom. The van der Waals surface area contributed by atoms with E-state index in [4.69, 9.17) is 16.3 Å². The zero-order valence-electron chi connectivity index (χ0n) is 12.5. The molecule has 0 spiro atoms. The van der Waals surface area contributed by atoms with Crippen molar-refractivity contribution >= 4 is 21.6 Å². The molecule has 2 rings (SSSR count). The SMILES string of the molecule is CCOc1ccc(S(=O)(=O)N(C)Cc2ccccc2Cl)cc1. The lowest BCUT2D eigenvalue weighted by Gasteiger charge is -2.18. The molecule has 0 heterocycles. The number of hydrogen-bond acceptors (Lipinski definition) is 3. The molecule has 0 saturated carbocycles. The quantitative estimate of drug-likeness (QED) is 0.808. The van der Waals surface area contributed by atoms with Crippen LogP contribution in [-0.2, 0) is 16.6 Å². The summed E-state index contributed by atoms with van der Waals surface area (Å²) in [4.78, 5) is 0.227. The van der Waals surface area contributed by atoms with Gasteiger partial charge in [0.2, 0.25) is 10.0 Å². The summed E-state index contributed by atoms with van der Waals surface area (Å²) in [6.07, 6.45) is 0. The molecule has 0 aliphatic carbocycles. The van der Waals surface area contributed by atoms with Crippen LogP contribution in [0.15, 0.2) is 53.4 Å². The molecule has 4 nitrogen and oxygen atoms in total. The molecule has 2 aromatic rings. The largest absolute Gasteiger partial charge is 0.494 e. The summed E-state index contributed by atoms with van der Waals surface area (Å²) in [7, 11) is -2.03. The van der Waals surface area contributed by atoms with Crippen LogP contribution in [0.1, 0.15) is 12.5 Å². The number of hydrogen-bond donors (Lipinski definition) is 0. The molecule has 22 heavy (non-hydrogen) atoms. The molecular formula is C16H18ClNO3S. The van der Waals surface area contributed by atoms with Gasteiger partial charge in [-0.25, -0.2) is 8.42 Å². The van der Waals surface area contributed by atoms with Crippen molar-refractivity contribution < 1.29 is 13.2 Å². The molecule has 0 aromatic heterocycles. The monoisotopic (exact) mass is 339 g/mol. The molecule has 0 amide bonds. The minimum absolute atomic E-state index is 0.217. The normalized spacial score (nSPS) is 11.6. The highest BCUT2D eigenvalue weighted by molar-refractivity contribution is 7.89. The molecule has 0 aliphatic heterocycles. The van der Waals surface area contributed by atoms with Crippen molar-refractivity contribution in [2.75, 3.05) is 13.7 Å². The first-order valence-corrected chi connectivity index (χ1v) is 8.69. The Hall–Kier alpha value is -1.56. The van der Waals surface area contributed by atoms with Gasteiger partial charge in [0.1, 0.15) is 5.75 Å². The second-order valence-electron chi connectivity index (χ2n) is 4.76. The average molecular weight is 340 g/mol. The number of rotatable bonds is 6. The van der Waals surface area contributed by atoms with Crippen molar-refractivity contribution in [3.8, 4) is 5.75 Å². The highest BCUT2D eigenvalue weighted by atomic mass is 35.5. The van der Waals surface area contributed by atoms with E-state index in [0.29, 0.717) is 17.4 Å². The molecule has 0 atom stereocenters. The summed E-state index contributed by atoms with van der Waals surface area (Å²) in [6.45, 7) is 2.63. The number of benzene rings is 2. The molecule has 0 bridgehead atoms. The van der Waals surface area contributed by atoms with Gasteiger partial charge in [-0.05, 0) is 42.8 Å². The Kier molecular flexibility index (Phi) is 5.45. The fraction of sp³-hybridized carbons (Fsp3) is 0.250. The first-order valence-electron chi connectivity index (χ1n) is 6.87. The van der Waals surface area contributed by atoms with Crippen molar-refractivity contribution in [1.82, 2.24) is 4.31 Å². The second-order valence-corrected chi connectivity index (χ2v) is 7.21. The van der Waals surface area contributed by atoms with E-state index in [2.05, 4.69) is 0 Å². The molecular weight excluding hydrogens is 322 g/mol. The maximum absolute atomic E-state index is 12.6. The Morgan fingerprint density at radius 3 is 2.32 bits per heavy atom. The van der Waals surface area contributed by atoms with Crippen molar-refractivity contribution in [2.24, 2.45) is 0 Å². The van der Waals surface area contributed by atoms with Crippen molar-refractivity contribution in [2.45, 2.75) is 18.4 Å². The standard InChI is InChI=1S/C16H18ClNO3S/c1-3-21-14-8-10-15(11-9-14)22(19,20)18(2)12-13-6-4-5-7-16(13)17/h4-11H,3,12H2,1-2H3. The van der Waals surface area contributed by atoms with Gasteiger partial charge in [-0.2, -0.15) is 4.31 Å². The molecule has 0 aliphatic rings. The second kappa shape index (κ2) is 7.13. The summed E-state index contributed by atoms with van der Waals surface area (Å²) in [5.41, 5.74) is 0.765. The van der Waals surface area contributed by atoms with Crippen LogP contribution in [0.4, 0.5) is 0 Å². The van der Waals surface area contributed by atoms with E-state index in [1.165, 1.54) is 11.4 Å². The summed E-state index contributed by atoms with van der Waals surface area (Å²) in [5.74, 6) is 0.648. The van der Waals surface area contributed by atoms with Gasteiger partial charge >= 0.3 is 0 Å². The molecule has 0 N–H and O–H groups in total. The van der Waals surface area contributed by atoms with Gasteiger partial charge < -0.3 is 4.74 Å². The predicted molar refractivity (Wildman–Crippen MR) is 87.7 cm³/mol. The molecule has 0 unspecified atom stereocenters. The Morgan fingerprint density at radius 2 is 1.73 bits per heavy atom. The zero-order valence-corrected chi connectivity index (χ0v) is 14.1. The van der Waals surface area contributed by atoms with Gasteiger partial charge in [-0.3, -0.25) is 0 Å². The molecule has 0 fully saturated rings. The Bertz CT molecular complexity index is 729. The van der Waals surface area contributed by atoms with Crippen molar-refractivity contribution in [3.05, 3.63) is 59.1 Å². The third-order valence-electron chi connectivity index (χ3n) is 3.19. The summed E-state index contributed by atoms with van der Waals surface area (Å²) in [6, 6.07) is 13.6. The number of halogens is 1. The fourth-order valence-electron chi connectivity index (χ4n) is 2.01. The van der Waals surface area contributed by atoms with E-state index in [1.807, 2.05) is 25.1 Å². The minimum Gasteiger partial charge on any atom is -0.494 e. The average Bonchev–Trinajstić information content (AvgIpc) is 2.50. The van der Waals surface area contributed by atoms with Crippen molar-refractivity contribution in [1.29, 1.82) is 0 Å². The van der Waals surface area contributed by atoms with Crippen LogP contribution < -0.4 is 4.74 Å². The molecule has 0 radical (unpaired) electrons. The highest BCUT2D eigenvalue weighted by Gasteiger charge is 2.21. The van der Waals surface area contributed by atoms with E-state index in [0.717, 1.165) is 5.56 Å². The third-order valence-corrected chi connectivity index (χ3v) is 5.38. The Labute approximate surface area is 136 Å². The highest BCUT2D eigenvalue weighted by Crippen LogP contribution is 2.22. The number of sulfonamides is 1. The lowest BCUT2D eigenvalue weighted by molar-refractivity contribution is 0.340. The van der Waals surface area contributed by atoms with Crippen LogP contribution in [0.25, 0.3) is 0 Å². The van der Waals surface area contributed by atoms with Gasteiger partial charge in [-0.1, -0.05) is 29.8 Å². The molecule has 0 saturated heterocycles. The Balaban J connectivity index is 2.20. The molecule has 2 aromatic carbocycles. The van der Waals surface area contributed by atoms with E-state index >= 15 is 0 Å². The minimum atomic E-state index is -3.57. The van der Waals surface area contributed by atoms with Crippen molar-refractivity contribution in [3.63, 3.8) is 0 Å². The lowest BCUT2D eigenvalue weighted by atomic mass is 10.2. The lowest BCUT2D eigenvalue weighted by Crippen LogP contribution is -2.26. The number of ether oxygens (including phenoxy) is 1. The molecule has 6 heteroatoms. The summed E-state index contributed by atoms with van der Waals surface area (Å²) < 4.78 is 31.7. The van der Waals surface area contributed by atoms with Gasteiger partial charge in [-0.15, -0.1) is 0 Å². The zero-order chi connectivity index (χ0) is 16.2. The summed E-state index contributed by atoms with van der Waals surface area (Å²) >= 11 is 6.08. The van der Waals surface area contributed by atoms with Crippen LogP contribution in [0.3, 0.4) is 0 Å². The van der Waals surface area contributed by atoms with Crippen LogP contribution >= 0.6 is 11.6 Å². The first kappa shape index (κ1) is 16.8. The number of nitrogens with zero attached hydrogens (tertiary/aromatic N) is 1. The van der Waals surface area contributed by atoms with Crippen LogP contribution in [0.5, 0.6) is 5.75 Å². The maximum atomic E-state index is 12.6. The maximum Gasteiger partial charge on any atom is 0.243 e. The van der Waals surface area contributed by atoms with Crippen LogP contribution in [0, 0.1) is 0 Å². The van der Waals surface area contributed by atoms with E-state index in [9.17, 15) is 8.42 Å². The van der Waals surface area contributed by atoms with Gasteiger partial charge in [0.15, 0.2) is 0 Å². The predicted octanol–water partition coefficient (Wildman–Crippen LogP) is 3.56. The van der Waals surface area contributed by atoms with E-state index in [1.54, 1.807) is 30.3 Å². The summed E-state index contributed by atoms with van der Waals surface area (Å²) in [5, 5.41) is 0.552. The van der Waals surface area contributed by atoms with Gasteiger partial charge in [0, 0.05) is 18.6 Å². The van der Waals surface area contributed by atoms with Gasteiger partial charge in [0.25, 0.3) is 0 Å². The molecule has 118 valence electrons. The van der Waals surface area contributed by atoms with Crippen LogP contribution in [-0.4, -0.2) is 26.4 Å².